The normalized spacial score (nSPS) is 42.5. The number of fused-ring (bicyclic) bond motifs is 2. The van der Waals surface area contributed by atoms with Crippen LogP contribution in [0.15, 0.2) is 0 Å². The molecule has 0 amide bonds. The van der Waals surface area contributed by atoms with E-state index in [9.17, 15) is 0 Å². The van der Waals surface area contributed by atoms with E-state index < -0.39 is 8.56 Å². The Labute approximate surface area is 156 Å². The molecule has 0 spiro atoms. The van der Waals surface area contributed by atoms with E-state index in [1.807, 2.05) is 14.2 Å². The maximum atomic E-state index is 6.45. The molecule has 4 fully saturated rings. The van der Waals surface area contributed by atoms with Crippen LogP contribution in [0.1, 0.15) is 89.9 Å². The topological polar surface area (TPSA) is 18.5 Å². The number of hydrogen-bond donors (Lipinski definition) is 0. The van der Waals surface area contributed by atoms with Gasteiger partial charge in [0.05, 0.1) is 0 Å². The zero-order valence-corrected chi connectivity index (χ0v) is 17.7. The molecule has 0 bridgehead atoms. The second kappa shape index (κ2) is 8.02. The maximum absolute atomic E-state index is 6.45. The van der Waals surface area contributed by atoms with Crippen molar-refractivity contribution in [3.8, 4) is 0 Å². The van der Waals surface area contributed by atoms with Gasteiger partial charge in [-0.1, -0.05) is 77.0 Å². The molecule has 0 radical (unpaired) electrons. The molecule has 3 heteroatoms. The van der Waals surface area contributed by atoms with Crippen LogP contribution in [0.2, 0.25) is 11.1 Å². The van der Waals surface area contributed by atoms with Crippen molar-refractivity contribution in [2.24, 2.45) is 23.7 Å². The van der Waals surface area contributed by atoms with Gasteiger partial charge in [-0.25, -0.2) is 0 Å². The Hall–Kier alpha value is 0.137. The van der Waals surface area contributed by atoms with Gasteiger partial charge in [0.2, 0.25) is 0 Å². The SMILES string of the molecule is CO[Si](OC)(C1CC2CCCCCCC21)C1CC2CCCCCCC21. The third-order valence-corrected chi connectivity index (χ3v) is 13.4. The fraction of sp³-hybridized carbons (Fsp3) is 1.00. The van der Waals surface area contributed by atoms with E-state index in [1.165, 1.54) is 89.9 Å². The van der Waals surface area contributed by atoms with Gasteiger partial charge < -0.3 is 8.85 Å². The first-order valence-electron chi connectivity index (χ1n) is 11.4. The molecule has 144 valence electrons. The van der Waals surface area contributed by atoms with Crippen LogP contribution in [0, 0.1) is 23.7 Å². The van der Waals surface area contributed by atoms with Crippen molar-refractivity contribution in [3.63, 3.8) is 0 Å². The predicted octanol–water partition coefficient (Wildman–Crippen LogP) is 6.44. The van der Waals surface area contributed by atoms with E-state index in [2.05, 4.69) is 0 Å². The Kier molecular flexibility index (Phi) is 5.93. The van der Waals surface area contributed by atoms with Crippen molar-refractivity contribution < 1.29 is 8.85 Å². The van der Waals surface area contributed by atoms with Crippen LogP contribution in [0.5, 0.6) is 0 Å². The maximum Gasteiger partial charge on any atom is 0.344 e. The smallest absolute Gasteiger partial charge is 0.344 e. The van der Waals surface area contributed by atoms with Crippen LogP contribution < -0.4 is 0 Å². The minimum absolute atomic E-state index is 0.794. The molecule has 0 N–H and O–H groups in total. The number of rotatable bonds is 4. The molecule has 4 rings (SSSR count). The molecule has 4 aliphatic rings. The van der Waals surface area contributed by atoms with Gasteiger partial charge in [-0.15, -0.1) is 0 Å². The van der Waals surface area contributed by atoms with Crippen LogP contribution in [0.3, 0.4) is 0 Å². The zero-order chi connectivity index (χ0) is 17.3. The van der Waals surface area contributed by atoms with Gasteiger partial charge in [0, 0.05) is 25.3 Å². The second-order valence-electron chi connectivity index (χ2n) is 9.65. The van der Waals surface area contributed by atoms with Crippen molar-refractivity contribution in [2.75, 3.05) is 14.2 Å². The Morgan fingerprint density at radius 3 is 1.36 bits per heavy atom. The van der Waals surface area contributed by atoms with Gasteiger partial charge in [-0.3, -0.25) is 0 Å². The summed E-state index contributed by atoms with van der Waals surface area (Å²) >= 11 is 0. The van der Waals surface area contributed by atoms with Crippen LogP contribution in [0.4, 0.5) is 0 Å². The lowest BCUT2D eigenvalue weighted by Gasteiger charge is -2.60. The van der Waals surface area contributed by atoms with Gasteiger partial charge in [0.1, 0.15) is 0 Å². The van der Waals surface area contributed by atoms with Crippen molar-refractivity contribution in [1.29, 1.82) is 0 Å². The van der Waals surface area contributed by atoms with E-state index in [0.717, 1.165) is 34.8 Å². The summed E-state index contributed by atoms with van der Waals surface area (Å²) in [6.07, 6.45) is 20.4. The third kappa shape index (κ3) is 3.27. The van der Waals surface area contributed by atoms with Crippen LogP contribution >= 0.6 is 0 Å². The summed E-state index contributed by atoms with van der Waals surface area (Å²) < 4.78 is 12.9. The molecule has 0 heterocycles. The average molecular weight is 365 g/mol. The first-order valence-corrected chi connectivity index (χ1v) is 13.4. The summed E-state index contributed by atoms with van der Waals surface area (Å²) in [6, 6.07) is 0. The van der Waals surface area contributed by atoms with Crippen LogP contribution in [0.25, 0.3) is 0 Å². The van der Waals surface area contributed by atoms with Crippen molar-refractivity contribution in [3.05, 3.63) is 0 Å². The lowest BCUT2D eigenvalue weighted by Crippen LogP contribution is -2.62. The van der Waals surface area contributed by atoms with E-state index in [-0.39, 0.29) is 0 Å². The zero-order valence-electron chi connectivity index (χ0n) is 16.7. The van der Waals surface area contributed by atoms with Crippen LogP contribution in [-0.2, 0) is 8.85 Å². The summed E-state index contributed by atoms with van der Waals surface area (Å²) in [5, 5.41) is 0. The van der Waals surface area contributed by atoms with Crippen molar-refractivity contribution >= 4 is 8.56 Å². The molecule has 0 aromatic heterocycles. The fourth-order valence-corrected chi connectivity index (χ4v) is 12.6. The first-order chi connectivity index (χ1) is 12.3. The summed E-state index contributed by atoms with van der Waals surface area (Å²) in [4.78, 5) is 0. The van der Waals surface area contributed by atoms with Crippen LogP contribution in [-0.4, -0.2) is 22.8 Å². The van der Waals surface area contributed by atoms with Gasteiger partial charge in [0.15, 0.2) is 0 Å². The number of hydrogen-bond acceptors (Lipinski definition) is 2. The predicted molar refractivity (Wildman–Crippen MR) is 106 cm³/mol. The summed E-state index contributed by atoms with van der Waals surface area (Å²) in [7, 11) is 1.93. The third-order valence-electron chi connectivity index (χ3n) is 8.75. The van der Waals surface area contributed by atoms with Gasteiger partial charge in [0.25, 0.3) is 0 Å². The summed E-state index contributed by atoms with van der Waals surface area (Å²) in [6.45, 7) is 0. The lowest BCUT2D eigenvalue weighted by molar-refractivity contribution is 0.0458. The second-order valence-corrected chi connectivity index (χ2v) is 13.4. The van der Waals surface area contributed by atoms with Crippen molar-refractivity contribution in [2.45, 2.75) is 101 Å². The quantitative estimate of drug-likeness (QED) is 0.534. The van der Waals surface area contributed by atoms with E-state index in [1.54, 1.807) is 0 Å². The highest BCUT2D eigenvalue weighted by Gasteiger charge is 2.64. The molecule has 0 aromatic rings. The molecule has 25 heavy (non-hydrogen) atoms. The van der Waals surface area contributed by atoms with Gasteiger partial charge in [-0.05, 0) is 36.5 Å². The molecule has 0 saturated heterocycles. The molecule has 0 aromatic carbocycles. The lowest BCUT2D eigenvalue weighted by atomic mass is 9.66. The fourth-order valence-electron chi connectivity index (χ4n) is 7.32. The monoisotopic (exact) mass is 364 g/mol. The Balaban J connectivity index is 1.49. The largest absolute Gasteiger partial charge is 0.397 e. The summed E-state index contributed by atoms with van der Waals surface area (Å²) in [5.74, 6) is 3.85. The molecule has 4 aliphatic carbocycles. The van der Waals surface area contributed by atoms with E-state index in [0.29, 0.717) is 0 Å². The Morgan fingerprint density at radius 1 is 0.560 bits per heavy atom. The Bertz CT molecular complexity index is 400. The van der Waals surface area contributed by atoms with Gasteiger partial charge >= 0.3 is 8.56 Å². The molecular weight excluding hydrogens is 324 g/mol. The standard InChI is InChI=1S/C22H40O2Si/c1-23-25(24-2,21-15-17-11-7-3-5-9-13-19(17)21)22-16-18-12-8-4-6-10-14-20(18)22/h17-22H,3-16H2,1-2H3. The average Bonchev–Trinajstić information content (AvgIpc) is 2.58. The van der Waals surface area contributed by atoms with E-state index in [4.69, 9.17) is 8.85 Å². The molecule has 0 aliphatic heterocycles. The molecule has 6 atom stereocenters. The molecule has 4 saturated carbocycles. The molecule has 6 unspecified atom stereocenters. The first kappa shape index (κ1) is 18.5. The Morgan fingerprint density at radius 2 is 0.960 bits per heavy atom. The molecular formula is C22H40O2Si. The minimum atomic E-state index is -2.07. The highest BCUT2D eigenvalue weighted by molar-refractivity contribution is 6.71. The molecule has 2 nitrogen and oxygen atoms in total. The minimum Gasteiger partial charge on any atom is -0.397 e. The highest BCUT2D eigenvalue weighted by Crippen LogP contribution is 2.65. The van der Waals surface area contributed by atoms with Gasteiger partial charge in [-0.2, -0.15) is 0 Å². The highest BCUT2D eigenvalue weighted by atomic mass is 28.4. The van der Waals surface area contributed by atoms with E-state index >= 15 is 0 Å². The van der Waals surface area contributed by atoms with Crippen molar-refractivity contribution in [1.82, 2.24) is 0 Å². The summed E-state index contributed by atoms with van der Waals surface area (Å²) in [5.41, 5.74) is 1.59.